The first-order valence-corrected chi connectivity index (χ1v) is 15.4. The molecular weight excluding hydrogens is 506 g/mol. The fourth-order valence-corrected chi connectivity index (χ4v) is 7.37. The first-order chi connectivity index (χ1) is 20.1. The Morgan fingerprint density at radius 2 is 1.66 bits per heavy atom. The van der Waals surface area contributed by atoms with E-state index in [1.54, 1.807) is 0 Å². The summed E-state index contributed by atoms with van der Waals surface area (Å²) < 4.78 is 0. The molecule has 1 N–H and O–H groups in total. The number of benzene rings is 3. The lowest BCUT2D eigenvalue weighted by Crippen LogP contribution is -2.59. The molecule has 3 aromatic carbocycles. The predicted octanol–water partition coefficient (Wildman–Crippen LogP) is 6.82. The van der Waals surface area contributed by atoms with Gasteiger partial charge in [0, 0.05) is 23.7 Å². The number of carbonyl (C=O) groups excluding carboxylic acids is 2. The Morgan fingerprint density at radius 3 is 2.39 bits per heavy atom. The summed E-state index contributed by atoms with van der Waals surface area (Å²) in [5.41, 5.74) is 5.94. The third kappa shape index (κ3) is 4.61. The van der Waals surface area contributed by atoms with Crippen LogP contribution < -0.4 is 10.2 Å². The van der Waals surface area contributed by atoms with Gasteiger partial charge in [-0.2, -0.15) is 0 Å². The monoisotopic (exact) mass is 547 g/mol. The van der Waals surface area contributed by atoms with Crippen molar-refractivity contribution in [3.8, 4) is 0 Å². The molecule has 1 aliphatic carbocycles. The van der Waals surface area contributed by atoms with Gasteiger partial charge in [-0.1, -0.05) is 87.4 Å². The van der Waals surface area contributed by atoms with Crippen LogP contribution in [0.15, 0.2) is 72.8 Å². The van der Waals surface area contributed by atoms with Crippen molar-refractivity contribution >= 4 is 29.2 Å². The summed E-state index contributed by atoms with van der Waals surface area (Å²) in [5, 5.41) is 3.36. The summed E-state index contributed by atoms with van der Waals surface area (Å²) in [4.78, 5) is 33.0. The van der Waals surface area contributed by atoms with E-state index in [1.165, 1.54) is 6.42 Å². The highest BCUT2D eigenvalue weighted by atomic mass is 16.2. The number of hydrogen-bond donors (Lipinski definition) is 1. The average molecular weight is 548 g/mol. The summed E-state index contributed by atoms with van der Waals surface area (Å²) in [6.45, 7) is 7.52. The number of likely N-dealkylation sites (tertiary alicyclic amines) is 1. The molecule has 5 heteroatoms. The lowest BCUT2D eigenvalue weighted by atomic mass is 9.66. The molecule has 41 heavy (non-hydrogen) atoms. The van der Waals surface area contributed by atoms with Crippen LogP contribution in [-0.2, 0) is 16.8 Å². The van der Waals surface area contributed by atoms with Gasteiger partial charge < -0.3 is 10.2 Å². The van der Waals surface area contributed by atoms with Gasteiger partial charge in [-0.3, -0.25) is 14.5 Å². The van der Waals surface area contributed by atoms with Gasteiger partial charge in [0.1, 0.15) is 5.41 Å². The van der Waals surface area contributed by atoms with Crippen molar-refractivity contribution in [1.82, 2.24) is 10.2 Å². The molecule has 0 radical (unpaired) electrons. The Bertz CT molecular complexity index is 1460. The minimum Gasteiger partial charge on any atom is -0.355 e. The van der Waals surface area contributed by atoms with Crippen molar-refractivity contribution < 1.29 is 9.59 Å². The van der Waals surface area contributed by atoms with Crippen LogP contribution in [0.3, 0.4) is 0 Å². The van der Waals surface area contributed by atoms with E-state index in [0.29, 0.717) is 13.1 Å². The van der Waals surface area contributed by atoms with Crippen LogP contribution in [0.1, 0.15) is 85.0 Å². The molecule has 1 saturated heterocycles. The van der Waals surface area contributed by atoms with Gasteiger partial charge in [0.15, 0.2) is 0 Å². The van der Waals surface area contributed by atoms with E-state index in [4.69, 9.17) is 0 Å². The van der Waals surface area contributed by atoms with Crippen molar-refractivity contribution in [2.75, 3.05) is 24.5 Å². The van der Waals surface area contributed by atoms with E-state index in [9.17, 15) is 9.59 Å². The Kier molecular flexibility index (Phi) is 7.81. The standard InChI is InChI=1S/C36H41N3O2/c1-3-14-33(38-22-11-6-12-23-38)36(35(41)37-21-4-2)30-19-13-20-32(29(30)24-31(36)26-15-7-5-8-16-26)39-25-27-17-9-10-18-28(27)34(39)40/h5,7-10,13,15-20,24,33H,3-4,6,11-12,14,21-23,25H2,1-2H3,(H,37,41). The quantitative estimate of drug-likeness (QED) is 0.320. The van der Waals surface area contributed by atoms with Crippen LogP contribution in [0.5, 0.6) is 0 Å². The zero-order chi connectivity index (χ0) is 28.4. The normalized spacial score (nSPS) is 20.9. The van der Waals surface area contributed by atoms with Crippen LogP contribution in [0.2, 0.25) is 0 Å². The fraction of sp³-hybridized carbons (Fsp3) is 0.389. The van der Waals surface area contributed by atoms with E-state index in [0.717, 1.165) is 84.3 Å². The topological polar surface area (TPSA) is 52.7 Å². The van der Waals surface area contributed by atoms with Gasteiger partial charge in [-0.05, 0) is 79.2 Å². The molecule has 212 valence electrons. The number of anilines is 1. The van der Waals surface area contributed by atoms with Crippen LogP contribution in [0.4, 0.5) is 5.69 Å². The summed E-state index contributed by atoms with van der Waals surface area (Å²) in [7, 11) is 0. The van der Waals surface area contributed by atoms with Gasteiger partial charge in [0.2, 0.25) is 5.91 Å². The number of amides is 2. The minimum atomic E-state index is -0.884. The Balaban J connectivity index is 1.59. The third-order valence-electron chi connectivity index (χ3n) is 9.21. The second-order valence-corrected chi connectivity index (χ2v) is 11.7. The average Bonchev–Trinajstić information content (AvgIpc) is 3.55. The van der Waals surface area contributed by atoms with E-state index in [2.05, 4.69) is 66.5 Å². The molecule has 2 atom stereocenters. The first-order valence-electron chi connectivity index (χ1n) is 15.4. The second-order valence-electron chi connectivity index (χ2n) is 11.7. The van der Waals surface area contributed by atoms with Crippen molar-refractivity contribution in [3.63, 3.8) is 0 Å². The van der Waals surface area contributed by atoms with Crippen LogP contribution in [-0.4, -0.2) is 42.4 Å². The molecule has 0 bridgehead atoms. The minimum absolute atomic E-state index is 0.0130. The highest BCUT2D eigenvalue weighted by molar-refractivity contribution is 6.16. The van der Waals surface area contributed by atoms with Crippen molar-refractivity contribution in [1.29, 1.82) is 0 Å². The van der Waals surface area contributed by atoms with E-state index >= 15 is 0 Å². The maximum atomic E-state index is 14.8. The zero-order valence-corrected chi connectivity index (χ0v) is 24.4. The molecule has 5 nitrogen and oxygen atoms in total. The van der Waals surface area contributed by atoms with Crippen molar-refractivity contribution in [2.24, 2.45) is 0 Å². The number of carbonyl (C=O) groups is 2. The second kappa shape index (κ2) is 11.7. The highest BCUT2D eigenvalue weighted by Crippen LogP contribution is 2.54. The zero-order valence-electron chi connectivity index (χ0n) is 24.4. The number of nitrogens with one attached hydrogen (secondary N) is 1. The molecule has 2 aliphatic heterocycles. The van der Waals surface area contributed by atoms with Gasteiger partial charge in [0.25, 0.3) is 5.91 Å². The third-order valence-corrected chi connectivity index (χ3v) is 9.21. The van der Waals surface area contributed by atoms with Crippen LogP contribution in [0.25, 0.3) is 11.6 Å². The summed E-state index contributed by atoms with van der Waals surface area (Å²) in [6, 6.07) is 24.6. The van der Waals surface area contributed by atoms with Gasteiger partial charge in [-0.15, -0.1) is 0 Å². The summed E-state index contributed by atoms with van der Waals surface area (Å²) in [5.74, 6) is 0.100. The van der Waals surface area contributed by atoms with Crippen molar-refractivity contribution in [3.05, 3.63) is 101 Å². The van der Waals surface area contributed by atoms with Crippen LogP contribution >= 0.6 is 0 Å². The molecule has 2 unspecified atom stereocenters. The largest absolute Gasteiger partial charge is 0.355 e. The lowest BCUT2D eigenvalue weighted by Gasteiger charge is -2.47. The molecule has 2 heterocycles. The van der Waals surface area contributed by atoms with Gasteiger partial charge in [0.05, 0.1) is 12.2 Å². The predicted molar refractivity (Wildman–Crippen MR) is 167 cm³/mol. The maximum absolute atomic E-state index is 14.8. The smallest absolute Gasteiger partial charge is 0.258 e. The molecule has 2 amide bonds. The number of piperidine rings is 1. The van der Waals surface area contributed by atoms with E-state index in [1.807, 2.05) is 41.3 Å². The highest BCUT2D eigenvalue weighted by Gasteiger charge is 2.56. The lowest BCUT2D eigenvalue weighted by molar-refractivity contribution is -0.127. The van der Waals surface area contributed by atoms with Gasteiger partial charge >= 0.3 is 0 Å². The number of rotatable bonds is 9. The molecule has 0 spiro atoms. The Morgan fingerprint density at radius 1 is 0.902 bits per heavy atom. The number of nitrogens with zero attached hydrogens (tertiary/aromatic N) is 2. The van der Waals surface area contributed by atoms with E-state index < -0.39 is 5.41 Å². The van der Waals surface area contributed by atoms with Gasteiger partial charge in [-0.25, -0.2) is 0 Å². The van der Waals surface area contributed by atoms with Crippen LogP contribution in [0, 0.1) is 0 Å². The first kappa shape index (κ1) is 27.5. The van der Waals surface area contributed by atoms with Crippen molar-refractivity contribution in [2.45, 2.75) is 70.4 Å². The Hall–Kier alpha value is -3.70. The summed E-state index contributed by atoms with van der Waals surface area (Å²) >= 11 is 0. The van der Waals surface area contributed by atoms with E-state index in [-0.39, 0.29) is 17.9 Å². The molecule has 6 rings (SSSR count). The molecule has 1 fully saturated rings. The number of fused-ring (bicyclic) bond motifs is 2. The summed E-state index contributed by atoms with van der Waals surface area (Å²) in [6.07, 6.45) is 8.57. The number of hydrogen-bond acceptors (Lipinski definition) is 3. The fourth-order valence-electron chi connectivity index (χ4n) is 7.37. The molecule has 0 saturated carbocycles. The molecule has 0 aromatic heterocycles. The molecule has 3 aromatic rings. The SMILES string of the molecule is CCCNC(=O)C1(C(CCC)N2CCCCC2)C(c2ccccc2)=Cc2c(N3Cc4ccccc4C3=O)cccc21. The molecule has 3 aliphatic rings. The Labute approximate surface area is 244 Å². The molecular formula is C36H41N3O2. The maximum Gasteiger partial charge on any atom is 0.258 e.